The van der Waals surface area contributed by atoms with Crippen LogP contribution in [0.5, 0.6) is 0 Å². The second-order valence-corrected chi connectivity index (χ2v) is 9.92. The van der Waals surface area contributed by atoms with Gasteiger partial charge in [-0.3, -0.25) is 9.69 Å². The molecule has 2 aromatic carbocycles. The van der Waals surface area contributed by atoms with Crippen LogP contribution in [-0.4, -0.2) is 44.4 Å². The standard InChI is InChI=1S/C22H28ClN3O3S/c1-16-3-5-18(6-4-16)15-24-22(27)17(2)26-13-11-20(12-14-26)25-30(28,29)21-9-7-19(23)8-10-21/h3-10,17,20,25H,11-15H2,1-2H3,(H,24,27). The summed E-state index contributed by atoms with van der Waals surface area (Å²) in [6.07, 6.45) is 1.31. The largest absolute Gasteiger partial charge is 0.351 e. The Morgan fingerprint density at radius 2 is 1.70 bits per heavy atom. The van der Waals surface area contributed by atoms with E-state index in [-0.39, 0.29) is 22.9 Å². The number of nitrogens with zero attached hydrogens (tertiary/aromatic N) is 1. The van der Waals surface area contributed by atoms with Crippen LogP contribution in [0.15, 0.2) is 53.4 Å². The minimum Gasteiger partial charge on any atom is -0.351 e. The number of sulfonamides is 1. The molecule has 1 aliphatic heterocycles. The Bertz CT molecular complexity index is 954. The van der Waals surface area contributed by atoms with Crippen LogP contribution in [0, 0.1) is 6.92 Å². The van der Waals surface area contributed by atoms with Gasteiger partial charge in [0.05, 0.1) is 10.9 Å². The van der Waals surface area contributed by atoms with Crippen molar-refractivity contribution in [1.82, 2.24) is 14.9 Å². The van der Waals surface area contributed by atoms with Crippen LogP contribution in [0.4, 0.5) is 0 Å². The Balaban J connectivity index is 1.47. The van der Waals surface area contributed by atoms with Crippen LogP contribution < -0.4 is 10.0 Å². The van der Waals surface area contributed by atoms with Gasteiger partial charge in [0.25, 0.3) is 0 Å². The molecule has 6 nitrogen and oxygen atoms in total. The number of carbonyl (C=O) groups is 1. The van der Waals surface area contributed by atoms with Gasteiger partial charge in [0.15, 0.2) is 0 Å². The second kappa shape index (κ2) is 9.92. The summed E-state index contributed by atoms with van der Waals surface area (Å²) in [6, 6.07) is 13.8. The number of piperidine rings is 1. The van der Waals surface area contributed by atoms with E-state index in [1.54, 1.807) is 12.1 Å². The molecule has 1 heterocycles. The van der Waals surface area contributed by atoms with E-state index in [1.165, 1.54) is 17.7 Å². The van der Waals surface area contributed by atoms with E-state index in [4.69, 9.17) is 11.6 Å². The minimum absolute atomic E-state index is 0.0178. The fourth-order valence-corrected chi connectivity index (χ4v) is 4.95. The molecule has 1 fully saturated rings. The maximum absolute atomic E-state index is 12.5. The number of nitrogens with one attached hydrogen (secondary N) is 2. The van der Waals surface area contributed by atoms with Crippen molar-refractivity contribution in [1.29, 1.82) is 0 Å². The lowest BCUT2D eigenvalue weighted by atomic mass is 10.0. The zero-order chi connectivity index (χ0) is 21.7. The van der Waals surface area contributed by atoms with E-state index < -0.39 is 10.0 Å². The molecule has 1 atom stereocenters. The van der Waals surface area contributed by atoms with E-state index >= 15 is 0 Å². The molecule has 8 heteroatoms. The lowest BCUT2D eigenvalue weighted by molar-refractivity contribution is -0.126. The highest BCUT2D eigenvalue weighted by Crippen LogP contribution is 2.18. The Labute approximate surface area is 183 Å². The lowest BCUT2D eigenvalue weighted by Crippen LogP contribution is -2.51. The molecule has 1 unspecified atom stereocenters. The summed E-state index contributed by atoms with van der Waals surface area (Å²) >= 11 is 5.83. The Morgan fingerprint density at radius 1 is 1.10 bits per heavy atom. The van der Waals surface area contributed by atoms with Crippen molar-refractivity contribution in [3.05, 3.63) is 64.7 Å². The number of aryl methyl sites for hydroxylation is 1. The van der Waals surface area contributed by atoms with Crippen LogP contribution in [0.2, 0.25) is 5.02 Å². The molecule has 1 amide bonds. The predicted molar refractivity (Wildman–Crippen MR) is 119 cm³/mol. The minimum atomic E-state index is -3.58. The van der Waals surface area contributed by atoms with Crippen LogP contribution >= 0.6 is 11.6 Å². The molecule has 0 radical (unpaired) electrons. The lowest BCUT2D eigenvalue weighted by Gasteiger charge is -2.35. The van der Waals surface area contributed by atoms with Crippen LogP contribution in [0.3, 0.4) is 0 Å². The van der Waals surface area contributed by atoms with Gasteiger partial charge in [-0.25, -0.2) is 13.1 Å². The highest BCUT2D eigenvalue weighted by molar-refractivity contribution is 7.89. The van der Waals surface area contributed by atoms with E-state index in [0.29, 0.717) is 37.5 Å². The molecule has 2 aromatic rings. The molecular weight excluding hydrogens is 422 g/mol. The molecule has 0 bridgehead atoms. The Kier molecular flexibility index (Phi) is 7.52. The highest BCUT2D eigenvalue weighted by Gasteiger charge is 2.29. The Morgan fingerprint density at radius 3 is 2.30 bits per heavy atom. The normalized spacial score (nSPS) is 16.9. The SMILES string of the molecule is Cc1ccc(CNC(=O)C(C)N2CCC(NS(=O)(=O)c3ccc(Cl)cc3)CC2)cc1. The van der Waals surface area contributed by atoms with Gasteiger partial charge in [-0.1, -0.05) is 41.4 Å². The summed E-state index contributed by atoms with van der Waals surface area (Å²) in [5, 5.41) is 3.49. The molecule has 0 spiro atoms. The fraction of sp³-hybridized carbons (Fsp3) is 0.409. The van der Waals surface area contributed by atoms with Crippen molar-refractivity contribution in [2.45, 2.75) is 50.2 Å². The molecule has 3 rings (SSSR count). The molecule has 0 aromatic heterocycles. The second-order valence-electron chi connectivity index (χ2n) is 7.76. The summed E-state index contributed by atoms with van der Waals surface area (Å²) in [5.41, 5.74) is 2.25. The van der Waals surface area contributed by atoms with Crippen molar-refractivity contribution >= 4 is 27.5 Å². The maximum atomic E-state index is 12.5. The number of amides is 1. The molecule has 30 heavy (non-hydrogen) atoms. The average Bonchev–Trinajstić information content (AvgIpc) is 2.73. The third kappa shape index (κ3) is 6.04. The molecule has 0 saturated carbocycles. The quantitative estimate of drug-likeness (QED) is 0.680. The van der Waals surface area contributed by atoms with Crippen molar-refractivity contribution < 1.29 is 13.2 Å². The molecule has 0 aliphatic carbocycles. The first-order valence-electron chi connectivity index (χ1n) is 10.1. The van der Waals surface area contributed by atoms with E-state index in [1.807, 2.05) is 38.1 Å². The van der Waals surface area contributed by atoms with Gasteiger partial charge in [0, 0.05) is 30.7 Å². The molecule has 2 N–H and O–H groups in total. The first-order chi connectivity index (χ1) is 14.2. The number of hydrogen-bond acceptors (Lipinski definition) is 4. The number of likely N-dealkylation sites (tertiary alicyclic amines) is 1. The summed E-state index contributed by atoms with van der Waals surface area (Å²) in [7, 11) is -3.58. The van der Waals surface area contributed by atoms with Gasteiger partial charge >= 0.3 is 0 Å². The third-order valence-electron chi connectivity index (χ3n) is 5.49. The van der Waals surface area contributed by atoms with Crippen molar-refractivity contribution in [2.75, 3.05) is 13.1 Å². The summed E-state index contributed by atoms with van der Waals surface area (Å²) in [5.74, 6) is -0.0178. The fourth-order valence-electron chi connectivity index (χ4n) is 3.51. The first kappa shape index (κ1) is 22.7. The monoisotopic (exact) mass is 449 g/mol. The summed E-state index contributed by atoms with van der Waals surface area (Å²) in [6.45, 7) is 5.74. The Hall–Kier alpha value is -1.93. The van der Waals surface area contributed by atoms with Crippen molar-refractivity contribution in [3.63, 3.8) is 0 Å². The molecular formula is C22H28ClN3O3S. The summed E-state index contributed by atoms with van der Waals surface area (Å²) < 4.78 is 27.9. The molecule has 1 aliphatic rings. The maximum Gasteiger partial charge on any atom is 0.240 e. The molecule has 1 saturated heterocycles. The van der Waals surface area contributed by atoms with Gasteiger partial charge in [-0.15, -0.1) is 0 Å². The van der Waals surface area contributed by atoms with E-state index in [0.717, 1.165) is 5.56 Å². The third-order valence-corrected chi connectivity index (χ3v) is 7.28. The zero-order valence-electron chi connectivity index (χ0n) is 17.3. The van der Waals surface area contributed by atoms with Crippen LogP contribution in [0.1, 0.15) is 30.9 Å². The number of carbonyl (C=O) groups excluding carboxylic acids is 1. The number of benzene rings is 2. The zero-order valence-corrected chi connectivity index (χ0v) is 18.8. The van der Waals surface area contributed by atoms with Crippen LogP contribution in [-0.2, 0) is 21.4 Å². The average molecular weight is 450 g/mol. The highest BCUT2D eigenvalue weighted by atomic mass is 35.5. The topological polar surface area (TPSA) is 78.5 Å². The van der Waals surface area contributed by atoms with Crippen molar-refractivity contribution in [2.24, 2.45) is 0 Å². The van der Waals surface area contributed by atoms with E-state index in [2.05, 4.69) is 14.9 Å². The number of hydrogen-bond donors (Lipinski definition) is 2. The van der Waals surface area contributed by atoms with Gasteiger partial charge in [-0.2, -0.15) is 0 Å². The first-order valence-corrected chi connectivity index (χ1v) is 12.0. The van der Waals surface area contributed by atoms with Gasteiger partial charge in [0.1, 0.15) is 0 Å². The van der Waals surface area contributed by atoms with Gasteiger partial charge in [0.2, 0.25) is 15.9 Å². The summed E-state index contributed by atoms with van der Waals surface area (Å²) in [4.78, 5) is 14.8. The molecule has 162 valence electrons. The van der Waals surface area contributed by atoms with Gasteiger partial charge in [-0.05, 0) is 56.5 Å². The van der Waals surface area contributed by atoms with Crippen molar-refractivity contribution in [3.8, 4) is 0 Å². The predicted octanol–water partition coefficient (Wildman–Crippen LogP) is 3.10. The van der Waals surface area contributed by atoms with Gasteiger partial charge < -0.3 is 5.32 Å². The van der Waals surface area contributed by atoms with Crippen LogP contribution in [0.25, 0.3) is 0 Å². The smallest absolute Gasteiger partial charge is 0.240 e. The number of halogens is 1. The number of rotatable bonds is 7. The van der Waals surface area contributed by atoms with E-state index in [9.17, 15) is 13.2 Å².